The standard InChI is InChI=1S/C14H24N4O2/c1-11-8-15-18(9-11)10-12(2)16-13(3)14(19)17-4-6-20-7-5-17/h8-9,12-13,16H,4-7,10H2,1-3H3. The maximum absolute atomic E-state index is 12.3. The Kier molecular flexibility index (Phi) is 5.14. The van der Waals surface area contributed by atoms with Gasteiger partial charge in [-0.1, -0.05) is 0 Å². The van der Waals surface area contributed by atoms with Crippen molar-refractivity contribution < 1.29 is 9.53 Å². The summed E-state index contributed by atoms with van der Waals surface area (Å²) in [7, 11) is 0. The zero-order chi connectivity index (χ0) is 14.5. The van der Waals surface area contributed by atoms with E-state index < -0.39 is 0 Å². The second kappa shape index (κ2) is 6.85. The normalized spacial score (nSPS) is 18.9. The molecule has 1 aliphatic rings. The van der Waals surface area contributed by atoms with Crippen molar-refractivity contribution >= 4 is 5.91 Å². The van der Waals surface area contributed by atoms with Crippen molar-refractivity contribution in [2.45, 2.75) is 39.4 Å². The quantitative estimate of drug-likeness (QED) is 0.849. The van der Waals surface area contributed by atoms with Crippen LogP contribution in [0.2, 0.25) is 0 Å². The topological polar surface area (TPSA) is 59.4 Å². The van der Waals surface area contributed by atoms with E-state index in [9.17, 15) is 4.79 Å². The number of rotatable bonds is 5. The summed E-state index contributed by atoms with van der Waals surface area (Å²) in [5.41, 5.74) is 1.15. The monoisotopic (exact) mass is 280 g/mol. The number of amides is 1. The molecule has 0 aliphatic carbocycles. The summed E-state index contributed by atoms with van der Waals surface area (Å²) in [4.78, 5) is 14.1. The molecule has 6 nitrogen and oxygen atoms in total. The summed E-state index contributed by atoms with van der Waals surface area (Å²) < 4.78 is 7.17. The molecule has 1 saturated heterocycles. The second-order valence-corrected chi connectivity index (χ2v) is 5.47. The average Bonchev–Trinajstić information content (AvgIpc) is 2.84. The van der Waals surface area contributed by atoms with Crippen LogP contribution in [-0.2, 0) is 16.1 Å². The highest BCUT2D eigenvalue weighted by atomic mass is 16.5. The van der Waals surface area contributed by atoms with Gasteiger partial charge in [0.2, 0.25) is 5.91 Å². The summed E-state index contributed by atoms with van der Waals surface area (Å²) in [5, 5.41) is 7.60. The molecule has 0 spiro atoms. The van der Waals surface area contributed by atoms with Crippen molar-refractivity contribution in [1.82, 2.24) is 20.0 Å². The van der Waals surface area contributed by atoms with Crippen LogP contribution in [0.5, 0.6) is 0 Å². The minimum Gasteiger partial charge on any atom is -0.378 e. The Hall–Kier alpha value is -1.40. The molecule has 2 heterocycles. The summed E-state index contributed by atoms with van der Waals surface area (Å²) in [6, 6.07) is 0.00838. The summed E-state index contributed by atoms with van der Waals surface area (Å²) in [6.45, 7) is 9.43. The Balaban J connectivity index is 1.80. The molecular weight excluding hydrogens is 256 g/mol. The Labute approximate surface area is 120 Å². The lowest BCUT2D eigenvalue weighted by atomic mass is 10.2. The highest BCUT2D eigenvalue weighted by Gasteiger charge is 2.23. The molecule has 1 aromatic rings. The first-order valence-electron chi connectivity index (χ1n) is 7.18. The Bertz CT molecular complexity index is 440. The van der Waals surface area contributed by atoms with Crippen molar-refractivity contribution in [3.8, 4) is 0 Å². The molecule has 1 amide bonds. The number of carbonyl (C=O) groups is 1. The lowest BCUT2D eigenvalue weighted by Crippen LogP contribution is -2.51. The molecule has 0 radical (unpaired) electrons. The van der Waals surface area contributed by atoms with Gasteiger partial charge in [-0.05, 0) is 26.3 Å². The van der Waals surface area contributed by atoms with Crippen molar-refractivity contribution in [1.29, 1.82) is 0 Å². The van der Waals surface area contributed by atoms with E-state index in [0.717, 1.165) is 12.1 Å². The van der Waals surface area contributed by atoms with E-state index in [1.807, 2.05) is 35.8 Å². The third kappa shape index (κ3) is 4.05. The molecule has 0 saturated carbocycles. The Morgan fingerprint density at radius 3 is 2.75 bits per heavy atom. The summed E-state index contributed by atoms with van der Waals surface area (Å²) in [6.07, 6.45) is 3.85. The van der Waals surface area contributed by atoms with E-state index >= 15 is 0 Å². The minimum absolute atomic E-state index is 0.150. The summed E-state index contributed by atoms with van der Waals surface area (Å²) >= 11 is 0. The van der Waals surface area contributed by atoms with Crippen LogP contribution in [0.25, 0.3) is 0 Å². The smallest absolute Gasteiger partial charge is 0.239 e. The molecule has 1 aromatic heterocycles. The largest absolute Gasteiger partial charge is 0.378 e. The van der Waals surface area contributed by atoms with Gasteiger partial charge in [0.25, 0.3) is 0 Å². The third-order valence-corrected chi connectivity index (χ3v) is 3.45. The predicted octanol–water partition coefficient (Wildman–Crippen LogP) is 0.417. The predicted molar refractivity (Wildman–Crippen MR) is 76.4 cm³/mol. The number of morpholine rings is 1. The molecule has 0 bridgehead atoms. The lowest BCUT2D eigenvalue weighted by molar-refractivity contribution is -0.137. The molecule has 6 heteroatoms. The van der Waals surface area contributed by atoms with Gasteiger partial charge >= 0.3 is 0 Å². The van der Waals surface area contributed by atoms with Gasteiger partial charge in [0.05, 0.1) is 32.0 Å². The van der Waals surface area contributed by atoms with Crippen LogP contribution in [0.3, 0.4) is 0 Å². The SMILES string of the molecule is Cc1cnn(CC(C)NC(C)C(=O)N2CCOCC2)c1. The summed E-state index contributed by atoms with van der Waals surface area (Å²) in [5.74, 6) is 0.150. The van der Waals surface area contributed by atoms with E-state index in [-0.39, 0.29) is 18.0 Å². The Morgan fingerprint density at radius 2 is 2.15 bits per heavy atom. The van der Waals surface area contributed by atoms with Gasteiger partial charge in [-0.15, -0.1) is 0 Å². The number of ether oxygens (including phenoxy) is 1. The fourth-order valence-electron chi connectivity index (χ4n) is 2.46. The molecule has 2 unspecified atom stereocenters. The van der Waals surface area contributed by atoms with Crippen LogP contribution in [0.15, 0.2) is 12.4 Å². The van der Waals surface area contributed by atoms with Gasteiger partial charge in [-0.3, -0.25) is 9.48 Å². The highest BCUT2D eigenvalue weighted by molar-refractivity contribution is 5.81. The molecule has 20 heavy (non-hydrogen) atoms. The van der Waals surface area contributed by atoms with E-state index in [1.54, 1.807) is 0 Å². The first-order chi connectivity index (χ1) is 9.56. The molecular formula is C14H24N4O2. The van der Waals surface area contributed by atoms with Gasteiger partial charge < -0.3 is 15.0 Å². The Morgan fingerprint density at radius 1 is 1.45 bits per heavy atom. The van der Waals surface area contributed by atoms with E-state index in [1.165, 1.54) is 0 Å². The average molecular weight is 280 g/mol. The lowest BCUT2D eigenvalue weighted by Gasteiger charge is -2.30. The maximum Gasteiger partial charge on any atom is 0.239 e. The van der Waals surface area contributed by atoms with Crippen LogP contribution in [-0.4, -0.2) is 59.0 Å². The zero-order valence-electron chi connectivity index (χ0n) is 12.5. The third-order valence-electron chi connectivity index (χ3n) is 3.45. The fourth-order valence-corrected chi connectivity index (χ4v) is 2.46. The maximum atomic E-state index is 12.3. The van der Waals surface area contributed by atoms with Gasteiger partial charge in [0, 0.05) is 25.3 Å². The van der Waals surface area contributed by atoms with E-state index in [0.29, 0.717) is 26.3 Å². The molecule has 1 fully saturated rings. The number of aryl methyl sites for hydroxylation is 1. The van der Waals surface area contributed by atoms with Crippen molar-refractivity contribution in [3.05, 3.63) is 18.0 Å². The first-order valence-corrected chi connectivity index (χ1v) is 7.18. The number of carbonyl (C=O) groups excluding carboxylic acids is 1. The molecule has 1 aliphatic heterocycles. The fraction of sp³-hybridized carbons (Fsp3) is 0.714. The van der Waals surface area contributed by atoms with Crippen LogP contribution in [0.4, 0.5) is 0 Å². The van der Waals surface area contributed by atoms with Gasteiger partial charge in [-0.2, -0.15) is 5.10 Å². The van der Waals surface area contributed by atoms with Gasteiger partial charge in [-0.25, -0.2) is 0 Å². The molecule has 1 N–H and O–H groups in total. The van der Waals surface area contributed by atoms with Crippen LogP contribution in [0, 0.1) is 6.92 Å². The van der Waals surface area contributed by atoms with Crippen LogP contribution in [0.1, 0.15) is 19.4 Å². The zero-order valence-corrected chi connectivity index (χ0v) is 12.5. The highest BCUT2D eigenvalue weighted by Crippen LogP contribution is 2.02. The first kappa shape index (κ1) is 15.0. The molecule has 2 atom stereocenters. The van der Waals surface area contributed by atoms with Crippen molar-refractivity contribution in [2.75, 3.05) is 26.3 Å². The van der Waals surface area contributed by atoms with E-state index in [2.05, 4.69) is 17.3 Å². The van der Waals surface area contributed by atoms with Gasteiger partial charge in [0.15, 0.2) is 0 Å². The van der Waals surface area contributed by atoms with Crippen LogP contribution < -0.4 is 5.32 Å². The van der Waals surface area contributed by atoms with Crippen LogP contribution >= 0.6 is 0 Å². The number of aromatic nitrogens is 2. The van der Waals surface area contributed by atoms with Gasteiger partial charge in [0.1, 0.15) is 0 Å². The number of hydrogen-bond donors (Lipinski definition) is 1. The second-order valence-electron chi connectivity index (χ2n) is 5.47. The minimum atomic E-state index is -0.181. The van der Waals surface area contributed by atoms with Crippen molar-refractivity contribution in [3.63, 3.8) is 0 Å². The molecule has 112 valence electrons. The number of nitrogens with zero attached hydrogens (tertiary/aromatic N) is 3. The molecule has 0 aromatic carbocycles. The molecule has 2 rings (SSSR count). The number of nitrogens with one attached hydrogen (secondary N) is 1. The van der Waals surface area contributed by atoms with Crippen molar-refractivity contribution in [2.24, 2.45) is 0 Å². The van der Waals surface area contributed by atoms with E-state index in [4.69, 9.17) is 4.74 Å². The number of hydrogen-bond acceptors (Lipinski definition) is 4.